The fraction of sp³-hybridized carbons (Fsp3) is 0.154. The van der Waals surface area contributed by atoms with Gasteiger partial charge in [0, 0.05) is 0 Å². The fourth-order valence-corrected chi connectivity index (χ4v) is 2.99. The third-order valence-corrected chi connectivity index (χ3v) is 4.49. The number of amides is 1. The highest BCUT2D eigenvalue weighted by Crippen LogP contribution is 2.21. The lowest BCUT2D eigenvalue weighted by Crippen LogP contribution is -2.31. The lowest BCUT2D eigenvalue weighted by molar-refractivity contribution is -0.141. The van der Waals surface area contributed by atoms with Crippen molar-refractivity contribution >= 4 is 51.9 Å². The van der Waals surface area contributed by atoms with Gasteiger partial charge in [-0.2, -0.15) is 0 Å². The van der Waals surface area contributed by atoms with E-state index >= 15 is 0 Å². The predicted octanol–water partition coefficient (Wildman–Crippen LogP) is 2.62. The normalized spacial score (nSPS) is 10.1. The Kier molecular flexibility index (Phi) is 5.49. The second-order valence-corrected chi connectivity index (χ2v) is 6.51. The third kappa shape index (κ3) is 4.66. The van der Waals surface area contributed by atoms with Gasteiger partial charge in [0.05, 0.1) is 14.1 Å². The van der Waals surface area contributed by atoms with Crippen LogP contribution in [0.25, 0.3) is 0 Å². The maximum absolute atomic E-state index is 11.7. The van der Waals surface area contributed by atoms with Gasteiger partial charge < -0.3 is 10.1 Å². The van der Waals surface area contributed by atoms with Crippen molar-refractivity contribution in [2.75, 3.05) is 13.2 Å². The molecule has 8 heteroatoms. The van der Waals surface area contributed by atoms with Gasteiger partial charge in [-0.05, 0) is 23.6 Å². The zero-order valence-electron chi connectivity index (χ0n) is 10.6. The molecule has 0 aliphatic heterocycles. The Labute approximate surface area is 133 Å². The molecule has 1 amide bonds. The first-order valence-electron chi connectivity index (χ1n) is 5.82. The number of ketones is 1. The van der Waals surface area contributed by atoms with Crippen molar-refractivity contribution < 1.29 is 19.1 Å². The van der Waals surface area contributed by atoms with Crippen LogP contribution in [0.3, 0.4) is 0 Å². The number of nitrogens with one attached hydrogen (secondary N) is 1. The maximum atomic E-state index is 11.7. The SMILES string of the molecule is O=C(CNC(=O)c1cccs1)OCC(=O)c1ccc(Cl)s1. The number of ether oxygens (including phenoxy) is 1. The molecule has 2 heterocycles. The van der Waals surface area contributed by atoms with Crippen LogP contribution in [0.4, 0.5) is 0 Å². The maximum Gasteiger partial charge on any atom is 0.325 e. The summed E-state index contributed by atoms with van der Waals surface area (Å²) in [6.07, 6.45) is 0. The van der Waals surface area contributed by atoms with Crippen molar-refractivity contribution in [1.82, 2.24) is 5.32 Å². The Morgan fingerprint density at radius 2 is 2.00 bits per heavy atom. The molecule has 0 aromatic carbocycles. The van der Waals surface area contributed by atoms with E-state index in [0.29, 0.717) is 14.1 Å². The minimum absolute atomic E-state index is 0.283. The second kappa shape index (κ2) is 7.35. The standard InChI is InChI=1S/C13H10ClNO4S2/c14-11-4-3-9(21-11)8(16)7-19-12(17)6-15-13(18)10-2-1-5-20-10/h1-5H,6-7H2,(H,15,18). The van der Waals surface area contributed by atoms with E-state index in [2.05, 4.69) is 5.32 Å². The summed E-state index contributed by atoms with van der Waals surface area (Å²) < 4.78 is 5.29. The monoisotopic (exact) mass is 343 g/mol. The van der Waals surface area contributed by atoms with Crippen molar-refractivity contribution in [3.05, 3.63) is 43.7 Å². The molecule has 0 unspecified atom stereocenters. The van der Waals surface area contributed by atoms with E-state index in [4.69, 9.17) is 16.3 Å². The summed E-state index contributed by atoms with van der Waals surface area (Å²) >= 11 is 8.10. The number of carbonyl (C=O) groups excluding carboxylic acids is 3. The summed E-state index contributed by atoms with van der Waals surface area (Å²) in [6.45, 7) is -0.653. The van der Waals surface area contributed by atoms with E-state index in [0.717, 1.165) is 11.3 Å². The van der Waals surface area contributed by atoms with Crippen molar-refractivity contribution in [2.24, 2.45) is 0 Å². The lowest BCUT2D eigenvalue weighted by Gasteiger charge is -2.04. The molecule has 2 aromatic rings. The number of hydrogen-bond acceptors (Lipinski definition) is 6. The quantitative estimate of drug-likeness (QED) is 0.646. The zero-order valence-corrected chi connectivity index (χ0v) is 13.0. The Balaban J connectivity index is 1.72. The topological polar surface area (TPSA) is 72.5 Å². The number of hydrogen-bond donors (Lipinski definition) is 1. The van der Waals surface area contributed by atoms with Crippen LogP contribution in [0.15, 0.2) is 29.6 Å². The van der Waals surface area contributed by atoms with Gasteiger partial charge in [-0.25, -0.2) is 0 Å². The lowest BCUT2D eigenvalue weighted by atomic mass is 10.3. The highest BCUT2D eigenvalue weighted by atomic mass is 35.5. The van der Waals surface area contributed by atoms with E-state index in [9.17, 15) is 14.4 Å². The summed E-state index contributed by atoms with van der Waals surface area (Å²) in [6, 6.07) is 6.56. The number of carbonyl (C=O) groups is 3. The molecule has 5 nitrogen and oxygen atoms in total. The summed E-state index contributed by atoms with van der Waals surface area (Å²) in [7, 11) is 0. The first-order valence-corrected chi connectivity index (χ1v) is 7.89. The summed E-state index contributed by atoms with van der Waals surface area (Å²) in [5.41, 5.74) is 0. The van der Waals surface area contributed by atoms with Crippen LogP contribution in [-0.2, 0) is 9.53 Å². The number of halogens is 1. The van der Waals surface area contributed by atoms with Crippen LogP contribution >= 0.6 is 34.3 Å². The third-order valence-electron chi connectivity index (χ3n) is 2.35. The van der Waals surface area contributed by atoms with Crippen LogP contribution < -0.4 is 5.32 Å². The molecule has 0 fully saturated rings. The molecule has 0 bridgehead atoms. The number of Topliss-reactive ketones (excluding diaryl/α,β-unsaturated/α-hetero) is 1. The van der Waals surface area contributed by atoms with Crippen molar-refractivity contribution in [3.63, 3.8) is 0 Å². The molecular weight excluding hydrogens is 334 g/mol. The smallest absolute Gasteiger partial charge is 0.325 e. The summed E-state index contributed by atoms with van der Waals surface area (Å²) in [5.74, 6) is -1.35. The molecule has 0 aliphatic rings. The van der Waals surface area contributed by atoms with Crippen LogP contribution in [0.2, 0.25) is 4.34 Å². The van der Waals surface area contributed by atoms with Gasteiger partial charge in [-0.3, -0.25) is 14.4 Å². The second-order valence-electron chi connectivity index (χ2n) is 3.85. The van der Waals surface area contributed by atoms with Crippen molar-refractivity contribution in [1.29, 1.82) is 0 Å². The van der Waals surface area contributed by atoms with Crippen molar-refractivity contribution in [2.45, 2.75) is 0 Å². The first-order chi connectivity index (χ1) is 10.1. The van der Waals surface area contributed by atoms with Gasteiger partial charge in [0.2, 0.25) is 5.78 Å². The van der Waals surface area contributed by atoms with E-state index in [1.165, 1.54) is 11.3 Å². The molecule has 0 atom stereocenters. The van der Waals surface area contributed by atoms with E-state index in [-0.39, 0.29) is 24.8 Å². The Bertz CT molecular complexity index is 651. The molecule has 0 aliphatic carbocycles. The average molecular weight is 344 g/mol. The minimum atomic E-state index is -0.670. The van der Waals surface area contributed by atoms with Gasteiger partial charge in [0.15, 0.2) is 6.61 Å². The molecule has 0 saturated heterocycles. The van der Waals surface area contributed by atoms with Crippen LogP contribution in [0.5, 0.6) is 0 Å². The van der Waals surface area contributed by atoms with Gasteiger partial charge in [-0.1, -0.05) is 17.7 Å². The largest absolute Gasteiger partial charge is 0.456 e. The van der Waals surface area contributed by atoms with Crippen molar-refractivity contribution in [3.8, 4) is 0 Å². The van der Waals surface area contributed by atoms with E-state index in [1.54, 1.807) is 29.6 Å². The Hall–Kier alpha value is -1.70. The molecule has 1 N–H and O–H groups in total. The number of rotatable bonds is 6. The average Bonchev–Trinajstić information content (AvgIpc) is 3.13. The van der Waals surface area contributed by atoms with E-state index in [1.807, 2.05) is 0 Å². The highest BCUT2D eigenvalue weighted by Gasteiger charge is 2.13. The van der Waals surface area contributed by atoms with Gasteiger partial charge in [0.1, 0.15) is 6.54 Å². The molecule has 21 heavy (non-hydrogen) atoms. The molecule has 110 valence electrons. The molecule has 2 aromatic heterocycles. The zero-order chi connectivity index (χ0) is 15.2. The van der Waals surface area contributed by atoms with E-state index < -0.39 is 5.97 Å². The van der Waals surface area contributed by atoms with Crippen LogP contribution in [-0.4, -0.2) is 30.8 Å². The molecular formula is C13H10ClNO4S2. The van der Waals surface area contributed by atoms with Crippen LogP contribution in [0, 0.1) is 0 Å². The molecule has 0 spiro atoms. The van der Waals surface area contributed by atoms with Gasteiger partial charge >= 0.3 is 5.97 Å². The predicted molar refractivity (Wildman–Crippen MR) is 81.3 cm³/mol. The minimum Gasteiger partial charge on any atom is -0.456 e. The molecule has 2 rings (SSSR count). The highest BCUT2D eigenvalue weighted by molar-refractivity contribution is 7.18. The van der Waals surface area contributed by atoms with Gasteiger partial charge in [-0.15, -0.1) is 22.7 Å². The fourth-order valence-electron chi connectivity index (χ4n) is 1.38. The first kappa shape index (κ1) is 15.7. The summed E-state index contributed by atoms with van der Waals surface area (Å²) in [5, 5.41) is 4.18. The Morgan fingerprint density at radius 1 is 1.19 bits per heavy atom. The summed E-state index contributed by atoms with van der Waals surface area (Å²) in [4.78, 5) is 35.6. The van der Waals surface area contributed by atoms with Gasteiger partial charge in [0.25, 0.3) is 5.91 Å². The molecule has 0 radical (unpaired) electrons. The van der Waals surface area contributed by atoms with Crippen LogP contribution in [0.1, 0.15) is 19.3 Å². The number of thiophene rings is 2. The number of esters is 1. The molecule has 0 saturated carbocycles. The Morgan fingerprint density at radius 3 is 2.62 bits per heavy atom.